The molecule has 1 heterocycles. The molecule has 0 aliphatic carbocycles. The molecule has 0 radical (unpaired) electrons. The van der Waals surface area contributed by atoms with E-state index in [1.807, 2.05) is 0 Å². The molecular weight excluding hydrogens is 293 g/mol. The lowest BCUT2D eigenvalue weighted by Crippen LogP contribution is -2.07. The molecule has 0 amide bonds. The van der Waals surface area contributed by atoms with Gasteiger partial charge in [-0.15, -0.1) is 0 Å². The van der Waals surface area contributed by atoms with Crippen LogP contribution < -0.4 is 0 Å². The molecule has 22 heavy (non-hydrogen) atoms. The minimum Gasteiger partial charge on any atom is -0.298 e. The summed E-state index contributed by atoms with van der Waals surface area (Å²) in [4.78, 5) is 10.7. The zero-order valence-corrected chi connectivity index (χ0v) is 11.3. The second-order valence-corrected chi connectivity index (χ2v) is 4.96. The second kappa shape index (κ2) is 5.29. The number of carbonyl (C=O) groups is 1. The van der Waals surface area contributed by atoms with Gasteiger partial charge in [0.05, 0.1) is 17.6 Å². The van der Waals surface area contributed by atoms with Crippen molar-refractivity contribution in [3.05, 3.63) is 65.4 Å². The van der Waals surface area contributed by atoms with Gasteiger partial charge < -0.3 is 0 Å². The molecule has 0 aliphatic heterocycles. The van der Waals surface area contributed by atoms with E-state index in [2.05, 4.69) is 5.10 Å². The van der Waals surface area contributed by atoms with Crippen molar-refractivity contribution in [2.75, 3.05) is 0 Å². The number of halogens is 3. The molecule has 0 unspecified atom stereocenters. The summed E-state index contributed by atoms with van der Waals surface area (Å²) in [5.41, 5.74) is 1.06. The Labute approximate surface area is 124 Å². The summed E-state index contributed by atoms with van der Waals surface area (Å²) in [7, 11) is 0. The Morgan fingerprint density at radius 1 is 1.14 bits per heavy atom. The predicted octanol–water partition coefficient (Wildman–Crippen LogP) is 3.92. The topological polar surface area (TPSA) is 34.9 Å². The van der Waals surface area contributed by atoms with Crippen molar-refractivity contribution in [2.24, 2.45) is 0 Å². The molecule has 2 aromatic carbocycles. The van der Waals surface area contributed by atoms with Gasteiger partial charge in [0.15, 0.2) is 0 Å². The van der Waals surface area contributed by atoms with Gasteiger partial charge in [0.2, 0.25) is 0 Å². The van der Waals surface area contributed by atoms with Gasteiger partial charge in [-0.1, -0.05) is 12.1 Å². The lowest BCUT2D eigenvalue weighted by atomic mass is 10.1. The SMILES string of the molecule is O=Cc1ccc2nn(Cc3cccc(C(F)(F)F)c3)cc2c1. The third-order valence-electron chi connectivity index (χ3n) is 3.31. The maximum absolute atomic E-state index is 12.7. The van der Waals surface area contributed by atoms with Crippen LogP contribution >= 0.6 is 0 Å². The monoisotopic (exact) mass is 304 g/mol. The van der Waals surface area contributed by atoms with E-state index in [4.69, 9.17) is 0 Å². The standard InChI is InChI=1S/C16H11F3N2O/c17-16(18,19)14-3-1-2-11(7-14)8-21-9-13-6-12(10-22)4-5-15(13)20-21/h1-7,9-10H,8H2. The van der Waals surface area contributed by atoms with Crippen LogP contribution in [0.3, 0.4) is 0 Å². The third-order valence-corrected chi connectivity index (χ3v) is 3.31. The first-order valence-corrected chi connectivity index (χ1v) is 6.54. The largest absolute Gasteiger partial charge is 0.416 e. The fourth-order valence-corrected chi connectivity index (χ4v) is 2.28. The first-order chi connectivity index (χ1) is 10.5. The van der Waals surface area contributed by atoms with Gasteiger partial charge in [0, 0.05) is 17.1 Å². The molecule has 0 aliphatic rings. The fraction of sp³-hybridized carbons (Fsp3) is 0.125. The van der Waals surface area contributed by atoms with Crippen molar-refractivity contribution in [3.63, 3.8) is 0 Å². The summed E-state index contributed by atoms with van der Waals surface area (Å²) < 4.78 is 39.7. The number of fused-ring (bicyclic) bond motifs is 1. The van der Waals surface area contributed by atoms with Gasteiger partial charge >= 0.3 is 6.18 Å². The van der Waals surface area contributed by atoms with E-state index >= 15 is 0 Å². The highest BCUT2D eigenvalue weighted by Gasteiger charge is 2.30. The maximum atomic E-state index is 12.7. The number of alkyl halides is 3. The van der Waals surface area contributed by atoms with Crippen LogP contribution in [0.4, 0.5) is 13.2 Å². The molecule has 0 saturated carbocycles. The highest BCUT2D eigenvalue weighted by molar-refractivity contribution is 5.86. The van der Waals surface area contributed by atoms with E-state index in [9.17, 15) is 18.0 Å². The van der Waals surface area contributed by atoms with Gasteiger partial charge in [-0.2, -0.15) is 18.3 Å². The van der Waals surface area contributed by atoms with Crippen LogP contribution in [0.2, 0.25) is 0 Å². The van der Waals surface area contributed by atoms with Crippen molar-refractivity contribution in [3.8, 4) is 0 Å². The van der Waals surface area contributed by atoms with E-state index in [1.165, 1.54) is 6.07 Å². The van der Waals surface area contributed by atoms with E-state index in [1.54, 1.807) is 35.1 Å². The van der Waals surface area contributed by atoms with Gasteiger partial charge in [-0.05, 0) is 35.9 Å². The third kappa shape index (κ3) is 2.86. The van der Waals surface area contributed by atoms with Crippen molar-refractivity contribution in [1.82, 2.24) is 9.78 Å². The normalized spacial score (nSPS) is 11.8. The summed E-state index contributed by atoms with van der Waals surface area (Å²) >= 11 is 0. The van der Waals surface area contributed by atoms with E-state index < -0.39 is 11.7 Å². The number of benzene rings is 2. The zero-order chi connectivity index (χ0) is 15.7. The number of carbonyl (C=O) groups excluding carboxylic acids is 1. The lowest BCUT2D eigenvalue weighted by molar-refractivity contribution is -0.137. The molecule has 3 nitrogen and oxygen atoms in total. The number of hydrogen-bond acceptors (Lipinski definition) is 2. The Morgan fingerprint density at radius 2 is 1.95 bits per heavy atom. The van der Waals surface area contributed by atoms with Gasteiger partial charge in [0.1, 0.15) is 6.29 Å². The summed E-state index contributed by atoms with van der Waals surface area (Å²) in [6.07, 6.45) is -1.91. The number of aldehydes is 1. The van der Waals surface area contributed by atoms with Crippen molar-refractivity contribution in [2.45, 2.75) is 12.7 Å². The molecule has 0 bridgehead atoms. The second-order valence-electron chi connectivity index (χ2n) is 4.96. The van der Waals surface area contributed by atoms with Crippen molar-refractivity contribution in [1.29, 1.82) is 0 Å². The first-order valence-electron chi connectivity index (χ1n) is 6.54. The van der Waals surface area contributed by atoms with Crippen LogP contribution in [-0.2, 0) is 12.7 Å². The number of aromatic nitrogens is 2. The lowest BCUT2D eigenvalue weighted by Gasteiger charge is -2.08. The summed E-state index contributed by atoms with van der Waals surface area (Å²) in [5.74, 6) is 0. The molecule has 6 heteroatoms. The smallest absolute Gasteiger partial charge is 0.298 e. The molecule has 3 aromatic rings. The number of nitrogens with zero attached hydrogens (tertiary/aromatic N) is 2. The van der Waals surface area contributed by atoms with Crippen molar-refractivity contribution < 1.29 is 18.0 Å². The fourth-order valence-electron chi connectivity index (χ4n) is 2.28. The van der Waals surface area contributed by atoms with Gasteiger partial charge in [0.25, 0.3) is 0 Å². The molecule has 0 fully saturated rings. The highest BCUT2D eigenvalue weighted by Crippen LogP contribution is 2.29. The molecule has 0 saturated heterocycles. The average Bonchev–Trinajstić information content (AvgIpc) is 2.87. The Morgan fingerprint density at radius 3 is 2.68 bits per heavy atom. The molecule has 0 spiro atoms. The number of hydrogen-bond donors (Lipinski definition) is 0. The average molecular weight is 304 g/mol. The van der Waals surface area contributed by atoms with Crippen LogP contribution in [0.1, 0.15) is 21.5 Å². The molecule has 0 atom stereocenters. The van der Waals surface area contributed by atoms with Crippen LogP contribution in [0.5, 0.6) is 0 Å². The van der Waals surface area contributed by atoms with E-state index in [0.717, 1.165) is 23.8 Å². The molecular formula is C16H11F3N2O. The van der Waals surface area contributed by atoms with Crippen LogP contribution in [0.25, 0.3) is 10.9 Å². The molecule has 3 rings (SSSR count). The quantitative estimate of drug-likeness (QED) is 0.688. The summed E-state index contributed by atoms with van der Waals surface area (Å²) in [6, 6.07) is 10.2. The van der Waals surface area contributed by atoms with Gasteiger partial charge in [-0.3, -0.25) is 9.48 Å². The van der Waals surface area contributed by atoms with Crippen molar-refractivity contribution >= 4 is 17.2 Å². The first kappa shape index (κ1) is 14.3. The Balaban J connectivity index is 1.91. The Hall–Kier alpha value is -2.63. The highest BCUT2D eigenvalue weighted by atomic mass is 19.4. The summed E-state index contributed by atoms with van der Waals surface area (Å²) in [5, 5.41) is 5.07. The molecule has 0 N–H and O–H groups in total. The minimum absolute atomic E-state index is 0.231. The zero-order valence-electron chi connectivity index (χ0n) is 11.3. The number of rotatable bonds is 3. The van der Waals surface area contributed by atoms with Crippen LogP contribution in [0, 0.1) is 0 Å². The van der Waals surface area contributed by atoms with Crippen LogP contribution in [-0.4, -0.2) is 16.1 Å². The van der Waals surface area contributed by atoms with Gasteiger partial charge in [-0.25, -0.2) is 0 Å². The van der Waals surface area contributed by atoms with Crippen LogP contribution in [0.15, 0.2) is 48.7 Å². The molecule has 1 aromatic heterocycles. The molecule has 112 valence electrons. The van der Waals surface area contributed by atoms with E-state index in [-0.39, 0.29) is 6.54 Å². The Bertz CT molecular complexity index is 837. The maximum Gasteiger partial charge on any atom is 0.416 e. The van der Waals surface area contributed by atoms with E-state index in [0.29, 0.717) is 16.6 Å². The summed E-state index contributed by atoms with van der Waals surface area (Å²) in [6.45, 7) is 0.231. The minimum atomic E-state index is -4.36. The Kier molecular flexibility index (Phi) is 3.44. The predicted molar refractivity (Wildman–Crippen MR) is 75.7 cm³/mol.